The highest BCUT2D eigenvalue weighted by atomic mass is 32.2. The number of sulfonamides is 1. The van der Waals surface area contributed by atoms with Gasteiger partial charge in [-0.1, -0.05) is 18.2 Å². The minimum atomic E-state index is -3.48. The predicted octanol–water partition coefficient (Wildman–Crippen LogP) is 2.41. The van der Waals surface area contributed by atoms with Gasteiger partial charge in [0.05, 0.1) is 4.90 Å². The molecule has 7 heteroatoms. The zero-order valence-electron chi connectivity index (χ0n) is 15.5. The molecule has 3 heterocycles. The highest BCUT2D eigenvalue weighted by molar-refractivity contribution is 7.89. The van der Waals surface area contributed by atoms with Gasteiger partial charge < -0.3 is 9.47 Å². The summed E-state index contributed by atoms with van der Waals surface area (Å²) in [4.78, 5) is 15.3. The third-order valence-electron chi connectivity index (χ3n) is 5.62. The van der Waals surface area contributed by atoms with E-state index in [4.69, 9.17) is 0 Å². The highest BCUT2D eigenvalue weighted by Gasteiger charge is 2.35. The van der Waals surface area contributed by atoms with Gasteiger partial charge in [-0.3, -0.25) is 4.79 Å². The van der Waals surface area contributed by atoms with Crippen LogP contribution in [0.2, 0.25) is 0 Å². The largest absolute Gasteiger partial charge is 0.356 e. The summed E-state index contributed by atoms with van der Waals surface area (Å²) in [6, 6.07) is 9.71. The number of nitrogens with zero attached hydrogens (tertiary/aromatic N) is 3. The molecule has 6 nitrogen and oxygen atoms in total. The van der Waals surface area contributed by atoms with Crippen LogP contribution in [0.4, 0.5) is 5.69 Å². The lowest BCUT2D eigenvalue weighted by Crippen LogP contribution is -2.45. The molecule has 1 saturated heterocycles. The first kappa shape index (κ1) is 18.3. The molecule has 2 aliphatic rings. The summed E-state index contributed by atoms with van der Waals surface area (Å²) in [5.41, 5.74) is 2.24. The van der Waals surface area contributed by atoms with Crippen LogP contribution in [-0.4, -0.2) is 42.8 Å². The molecule has 0 aliphatic carbocycles. The van der Waals surface area contributed by atoms with Crippen molar-refractivity contribution in [3.05, 3.63) is 48.3 Å². The van der Waals surface area contributed by atoms with Crippen LogP contribution in [-0.2, 0) is 28.3 Å². The summed E-state index contributed by atoms with van der Waals surface area (Å²) >= 11 is 0. The monoisotopic (exact) mass is 387 g/mol. The normalized spacial score (nSPS) is 19.1. The first-order chi connectivity index (χ1) is 13.0. The average molecular weight is 388 g/mol. The summed E-state index contributed by atoms with van der Waals surface area (Å²) in [7, 11) is -1.67. The van der Waals surface area contributed by atoms with Gasteiger partial charge in [0, 0.05) is 50.7 Å². The van der Waals surface area contributed by atoms with Crippen molar-refractivity contribution >= 4 is 21.6 Å². The van der Waals surface area contributed by atoms with Gasteiger partial charge in [-0.2, -0.15) is 4.31 Å². The molecule has 0 spiro atoms. The molecule has 0 saturated carbocycles. The number of aryl methyl sites for hydroxylation is 2. The van der Waals surface area contributed by atoms with E-state index in [9.17, 15) is 13.2 Å². The van der Waals surface area contributed by atoms with E-state index < -0.39 is 10.0 Å². The Morgan fingerprint density at radius 3 is 2.52 bits per heavy atom. The number of carbonyl (C=O) groups is 1. The number of carbonyl (C=O) groups excluding carboxylic acids is 1. The Balaban J connectivity index is 1.45. The number of hydrogen-bond donors (Lipinski definition) is 0. The molecule has 0 radical (unpaired) electrons. The number of piperidine rings is 1. The highest BCUT2D eigenvalue weighted by Crippen LogP contribution is 2.31. The van der Waals surface area contributed by atoms with Crippen LogP contribution in [0.25, 0.3) is 0 Å². The molecule has 1 amide bonds. The molecule has 27 heavy (non-hydrogen) atoms. The molecule has 0 unspecified atom stereocenters. The fraction of sp³-hybridized carbons (Fsp3) is 0.450. The number of aromatic nitrogens is 1. The number of benzene rings is 1. The second kappa shape index (κ2) is 7.13. The van der Waals surface area contributed by atoms with Gasteiger partial charge in [0.1, 0.15) is 0 Å². The summed E-state index contributed by atoms with van der Waals surface area (Å²) in [5, 5.41) is 0. The Labute approximate surface area is 160 Å². The van der Waals surface area contributed by atoms with Crippen molar-refractivity contribution in [2.24, 2.45) is 13.0 Å². The molecule has 0 atom stereocenters. The Morgan fingerprint density at radius 1 is 1.07 bits per heavy atom. The van der Waals surface area contributed by atoms with E-state index >= 15 is 0 Å². The van der Waals surface area contributed by atoms with Crippen molar-refractivity contribution < 1.29 is 13.2 Å². The first-order valence-corrected chi connectivity index (χ1v) is 10.9. The van der Waals surface area contributed by atoms with Crippen LogP contribution in [0, 0.1) is 5.92 Å². The number of amides is 1. The molecule has 1 aromatic carbocycles. The van der Waals surface area contributed by atoms with Gasteiger partial charge in [-0.05, 0) is 43.4 Å². The number of hydrogen-bond acceptors (Lipinski definition) is 3. The molecular weight excluding hydrogens is 362 g/mol. The van der Waals surface area contributed by atoms with Crippen LogP contribution in [0.1, 0.15) is 24.8 Å². The van der Waals surface area contributed by atoms with Crippen molar-refractivity contribution in [3.8, 4) is 0 Å². The lowest BCUT2D eigenvalue weighted by atomic mass is 9.94. The first-order valence-electron chi connectivity index (χ1n) is 9.48. The second-order valence-corrected chi connectivity index (χ2v) is 9.35. The van der Waals surface area contributed by atoms with Gasteiger partial charge in [-0.15, -0.1) is 0 Å². The van der Waals surface area contributed by atoms with Crippen molar-refractivity contribution in [3.63, 3.8) is 0 Å². The quantitative estimate of drug-likeness (QED) is 0.812. The number of fused-ring (bicyclic) bond motifs is 1. The summed E-state index contributed by atoms with van der Waals surface area (Å²) in [6.45, 7) is 1.53. The smallest absolute Gasteiger partial charge is 0.244 e. The standard InChI is InChI=1S/C20H25N3O3S/c1-21-12-10-18(15-21)27(25,26)22-13-8-17(9-14-22)20(24)23-11-4-6-16-5-2-3-7-19(16)23/h2-3,5,7,10,12,15,17H,4,6,8-9,11,13-14H2,1H3. The van der Waals surface area contributed by atoms with E-state index in [1.807, 2.05) is 23.1 Å². The lowest BCUT2D eigenvalue weighted by Gasteiger charge is -2.36. The van der Waals surface area contributed by atoms with E-state index in [1.165, 1.54) is 9.87 Å². The minimum absolute atomic E-state index is 0.113. The molecule has 4 rings (SSSR count). The molecule has 144 valence electrons. The molecule has 0 bridgehead atoms. The number of anilines is 1. The van der Waals surface area contributed by atoms with E-state index in [2.05, 4.69) is 6.07 Å². The Kier molecular flexibility index (Phi) is 4.82. The van der Waals surface area contributed by atoms with E-state index in [1.54, 1.807) is 30.1 Å². The summed E-state index contributed by atoms with van der Waals surface area (Å²) < 4.78 is 28.8. The van der Waals surface area contributed by atoms with Gasteiger partial charge in [0.15, 0.2) is 0 Å². The minimum Gasteiger partial charge on any atom is -0.356 e. The maximum atomic E-state index is 13.1. The van der Waals surface area contributed by atoms with Crippen LogP contribution in [0.15, 0.2) is 47.6 Å². The third-order valence-corrected chi connectivity index (χ3v) is 7.50. The van der Waals surface area contributed by atoms with Crippen LogP contribution < -0.4 is 4.90 Å². The van der Waals surface area contributed by atoms with Crippen LogP contribution in [0.3, 0.4) is 0 Å². The van der Waals surface area contributed by atoms with Gasteiger partial charge in [0.25, 0.3) is 0 Å². The molecular formula is C20H25N3O3S. The fourth-order valence-electron chi connectivity index (χ4n) is 4.11. The summed E-state index contributed by atoms with van der Waals surface area (Å²) in [5.74, 6) is 0.0253. The fourth-order valence-corrected chi connectivity index (χ4v) is 5.63. The SMILES string of the molecule is Cn1ccc(S(=O)(=O)N2CCC(C(=O)N3CCCc4ccccc43)CC2)c1. The third kappa shape index (κ3) is 3.41. The molecule has 0 N–H and O–H groups in total. The van der Waals surface area contributed by atoms with Crippen molar-refractivity contribution in [1.82, 2.24) is 8.87 Å². The second-order valence-electron chi connectivity index (χ2n) is 7.41. The Hall–Kier alpha value is -2.12. The Bertz CT molecular complexity index is 943. The number of rotatable bonds is 3. The van der Waals surface area contributed by atoms with Gasteiger partial charge in [-0.25, -0.2) is 8.42 Å². The zero-order chi connectivity index (χ0) is 19.0. The maximum absolute atomic E-state index is 13.1. The molecule has 2 aliphatic heterocycles. The van der Waals surface area contributed by atoms with Gasteiger partial charge in [0.2, 0.25) is 15.9 Å². The van der Waals surface area contributed by atoms with Crippen LogP contribution >= 0.6 is 0 Å². The molecule has 1 aromatic heterocycles. The Morgan fingerprint density at radius 2 is 1.81 bits per heavy atom. The molecule has 2 aromatic rings. The predicted molar refractivity (Wildman–Crippen MR) is 104 cm³/mol. The maximum Gasteiger partial charge on any atom is 0.244 e. The number of para-hydroxylation sites is 1. The van der Waals surface area contributed by atoms with E-state index in [0.29, 0.717) is 30.8 Å². The lowest BCUT2D eigenvalue weighted by molar-refractivity contribution is -0.123. The van der Waals surface area contributed by atoms with E-state index in [-0.39, 0.29) is 11.8 Å². The topological polar surface area (TPSA) is 62.6 Å². The van der Waals surface area contributed by atoms with Crippen molar-refractivity contribution in [2.45, 2.75) is 30.6 Å². The summed E-state index contributed by atoms with van der Waals surface area (Å²) in [6.07, 6.45) is 6.49. The van der Waals surface area contributed by atoms with Crippen molar-refractivity contribution in [2.75, 3.05) is 24.5 Å². The average Bonchev–Trinajstić information content (AvgIpc) is 3.14. The van der Waals surface area contributed by atoms with E-state index in [0.717, 1.165) is 25.1 Å². The van der Waals surface area contributed by atoms with Gasteiger partial charge >= 0.3 is 0 Å². The van der Waals surface area contributed by atoms with Crippen LogP contribution in [0.5, 0.6) is 0 Å². The zero-order valence-corrected chi connectivity index (χ0v) is 16.4. The molecule has 1 fully saturated rings. The van der Waals surface area contributed by atoms with Crippen molar-refractivity contribution in [1.29, 1.82) is 0 Å².